The summed E-state index contributed by atoms with van der Waals surface area (Å²) in [6.07, 6.45) is 0. The highest BCUT2D eigenvalue weighted by atomic mass is 35.5. The molecule has 1 heterocycles. The standard InChI is InChI=1S/C8H6Cl2N4S.ClH/c9-5-2-1-4(3-6(5)10)7-13-14-8(12-11)15-7;/h1-3H,11H2,(H,12,14);1H. The minimum Gasteiger partial charge on any atom is -0.298 e. The van der Waals surface area contributed by atoms with E-state index in [9.17, 15) is 0 Å². The van der Waals surface area contributed by atoms with E-state index in [0.717, 1.165) is 10.6 Å². The Kier molecular flexibility index (Phi) is 4.76. The van der Waals surface area contributed by atoms with Crippen molar-refractivity contribution in [3.8, 4) is 10.6 Å². The van der Waals surface area contributed by atoms with Gasteiger partial charge in [0.1, 0.15) is 5.01 Å². The maximum absolute atomic E-state index is 5.89. The lowest BCUT2D eigenvalue weighted by molar-refractivity contribution is 1.08. The van der Waals surface area contributed by atoms with E-state index in [2.05, 4.69) is 15.6 Å². The average Bonchev–Trinajstić information content (AvgIpc) is 2.70. The van der Waals surface area contributed by atoms with Crippen LogP contribution in [0.1, 0.15) is 0 Å². The molecule has 0 aliphatic heterocycles. The monoisotopic (exact) mass is 296 g/mol. The molecule has 0 saturated heterocycles. The molecule has 0 aliphatic carbocycles. The van der Waals surface area contributed by atoms with E-state index >= 15 is 0 Å². The third-order valence-electron chi connectivity index (χ3n) is 1.72. The fourth-order valence-electron chi connectivity index (χ4n) is 1.03. The number of nitrogens with one attached hydrogen (secondary N) is 1. The number of aromatic nitrogens is 2. The number of nitrogen functional groups attached to an aromatic ring is 1. The van der Waals surface area contributed by atoms with Crippen molar-refractivity contribution in [3.05, 3.63) is 28.2 Å². The highest BCUT2D eigenvalue weighted by Crippen LogP contribution is 2.31. The van der Waals surface area contributed by atoms with Crippen LogP contribution in [0.25, 0.3) is 10.6 Å². The molecule has 0 aliphatic rings. The molecule has 86 valence electrons. The predicted molar refractivity (Wildman–Crippen MR) is 70.4 cm³/mol. The molecular weight excluding hydrogens is 291 g/mol. The SMILES string of the molecule is Cl.NNc1nnc(-c2ccc(Cl)c(Cl)c2)s1. The first-order valence-electron chi connectivity index (χ1n) is 3.96. The minimum atomic E-state index is 0. The van der Waals surface area contributed by atoms with E-state index in [0.29, 0.717) is 15.2 Å². The van der Waals surface area contributed by atoms with Gasteiger partial charge in [0.25, 0.3) is 0 Å². The summed E-state index contributed by atoms with van der Waals surface area (Å²) in [5.74, 6) is 5.21. The summed E-state index contributed by atoms with van der Waals surface area (Å²) in [5.41, 5.74) is 3.29. The minimum absolute atomic E-state index is 0. The average molecular weight is 298 g/mol. The maximum atomic E-state index is 5.89. The van der Waals surface area contributed by atoms with Crippen molar-refractivity contribution in [2.45, 2.75) is 0 Å². The second kappa shape index (κ2) is 5.65. The van der Waals surface area contributed by atoms with Crippen molar-refractivity contribution in [2.75, 3.05) is 5.43 Å². The van der Waals surface area contributed by atoms with E-state index in [1.807, 2.05) is 6.07 Å². The van der Waals surface area contributed by atoms with Crippen molar-refractivity contribution < 1.29 is 0 Å². The molecule has 0 unspecified atom stereocenters. The van der Waals surface area contributed by atoms with Crippen molar-refractivity contribution in [3.63, 3.8) is 0 Å². The van der Waals surface area contributed by atoms with E-state index in [4.69, 9.17) is 29.0 Å². The largest absolute Gasteiger partial charge is 0.298 e. The number of hydrogen-bond donors (Lipinski definition) is 2. The maximum Gasteiger partial charge on any atom is 0.220 e. The van der Waals surface area contributed by atoms with Crippen LogP contribution in [-0.4, -0.2) is 10.2 Å². The van der Waals surface area contributed by atoms with Crippen LogP contribution >= 0.6 is 46.9 Å². The lowest BCUT2D eigenvalue weighted by Crippen LogP contribution is -2.05. The summed E-state index contributed by atoms with van der Waals surface area (Å²) in [7, 11) is 0. The first-order chi connectivity index (χ1) is 7.20. The highest BCUT2D eigenvalue weighted by molar-refractivity contribution is 7.18. The number of rotatable bonds is 2. The van der Waals surface area contributed by atoms with Crippen LogP contribution in [-0.2, 0) is 0 Å². The van der Waals surface area contributed by atoms with Crippen LogP contribution in [0.4, 0.5) is 5.13 Å². The van der Waals surface area contributed by atoms with E-state index in [1.54, 1.807) is 12.1 Å². The topological polar surface area (TPSA) is 63.8 Å². The lowest BCUT2D eigenvalue weighted by Gasteiger charge is -1.97. The third kappa shape index (κ3) is 2.75. The molecule has 0 saturated carbocycles. The Bertz CT molecular complexity index is 488. The van der Waals surface area contributed by atoms with Gasteiger partial charge in [0.05, 0.1) is 10.0 Å². The summed E-state index contributed by atoms with van der Waals surface area (Å²) in [6.45, 7) is 0. The molecule has 1 aromatic carbocycles. The van der Waals surface area contributed by atoms with Crippen molar-refractivity contribution >= 4 is 52.1 Å². The molecule has 2 aromatic rings. The lowest BCUT2D eigenvalue weighted by atomic mass is 10.2. The van der Waals surface area contributed by atoms with E-state index in [1.165, 1.54) is 11.3 Å². The smallest absolute Gasteiger partial charge is 0.220 e. The molecule has 4 nitrogen and oxygen atoms in total. The Morgan fingerprint density at radius 3 is 2.50 bits per heavy atom. The zero-order valence-electron chi connectivity index (χ0n) is 7.78. The summed E-state index contributed by atoms with van der Waals surface area (Å²) in [5, 5.41) is 10.1. The fourth-order valence-corrected chi connectivity index (χ4v) is 1.98. The van der Waals surface area contributed by atoms with Crippen LogP contribution in [0.3, 0.4) is 0 Å². The molecule has 0 atom stereocenters. The van der Waals surface area contributed by atoms with Gasteiger partial charge in [-0.1, -0.05) is 40.6 Å². The van der Waals surface area contributed by atoms with Gasteiger partial charge >= 0.3 is 0 Å². The van der Waals surface area contributed by atoms with Gasteiger partial charge in [0.15, 0.2) is 0 Å². The van der Waals surface area contributed by atoms with Crippen LogP contribution < -0.4 is 11.3 Å². The van der Waals surface area contributed by atoms with E-state index in [-0.39, 0.29) is 12.4 Å². The number of benzene rings is 1. The second-order valence-corrected chi connectivity index (χ2v) is 4.48. The van der Waals surface area contributed by atoms with Gasteiger partial charge in [-0.2, -0.15) is 0 Å². The molecule has 2 rings (SSSR count). The second-order valence-electron chi connectivity index (χ2n) is 2.69. The zero-order valence-corrected chi connectivity index (χ0v) is 10.9. The molecule has 3 N–H and O–H groups in total. The summed E-state index contributed by atoms with van der Waals surface area (Å²) in [4.78, 5) is 0. The zero-order chi connectivity index (χ0) is 10.8. The summed E-state index contributed by atoms with van der Waals surface area (Å²) in [6, 6.07) is 5.29. The number of anilines is 1. The molecule has 16 heavy (non-hydrogen) atoms. The van der Waals surface area contributed by atoms with Crippen LogP contribution in [0, 0.1) is 0 Å². The van der Waals surface area contributed by atoms with Crippen molar-refractivity contribution in [1.82, 2.24) is 10.2 Å². The van der Waals surface area contributed by atoms with Gasteiger partial charge in [0, 0.05) is 5.56 Å². The molecule has 0 bridgehead atoms. The Morgan fingerprint density at radius 2 is 1.94 bits per heavy atom. The van der Waals surface area contributed by atoms with Crippen LogP contribution in [0.15, 0.2) is 18.2 Å². The number of halogens is 3. The number of nitrogens with zero attached hydrogens (tertiary/aromatic N) is 2. The van der Waals surface area contributed by atoms with E-state index < -0.39 is 0 Å². The quantitative estimate of drug-likeness (QED) is 0.660. The van der Waals surface area contributed by atoms with Gasteiger partial charge < -0.3 is 0 Å². The highest BCUT2D eigenvalue weighted by Gasteiger charge is 2.07. The molecular formula is C8H7Cl3N4S. The van der Waals surface area contributed by atoms with Crippen molar-refractivity contribution in [1.29, 1.82) is 0 Å². The number of hydrogen-bond acceptors (Lipinski definition) is 5. The number of hydrazine groups is 1. The molecule has 8 heteroatoms. The Hall–Kier alpha value is -0.590. The van der Waals surface area contributed by atoms with Gasteiger partial charge in [0.2, 0.25) is 5.13 Å². The Morgan fingerprint density at radius 1 is 1.19 bits per heavy atom. The molecule has 0 amide bonds. The van der Waals surface area contributed by atoms with Crippen molar-refractivity contribution in [2.24, 2.45) is 5.84 Å². The Labute approximate surface area is 112 Å². The fraction of sp³-hybridized carbons (Fsp3) is 0. The van der Waals surface area contributed by atoms with Gasteiger partial charge in [-0.15, -0.1) is 22.6 Å². The summed E-state index contributed by atoms with van der Waals surface area (Å²) < 4.78 is 0. The van der Waals surface area contributed by atoms with Gasteiger partial charge in [-0.25, -0.2) is 5.84 Å². The van der Waals surface area contributed by atoms with Crippen LogP contribution in [0.2, 0.25) is 10.0 Å². The molecule has 0 spiro atoms. The molecule has 0 fully saturated rings. The van der Waals surface area contributed by atoms with Crippen LogP contribution in [0.5, 0.6) is 0 Å². The normalized spacial score (nSPS) is 9.69. The van der Waals surface area contributed by atoms with Gasteiger partial charge in [-0.05, 0) is 12.1 Å². The number of nitrogens with two attached hydrogens (primary N) is 1. The first-order valence-corrected chi connectivity index (χ1v) is 5.53. The first kappa shape index (κ1) is 13.5. The molecule has 1 aromatic heterocycles. The predicted octanol–water partition coefficient (Wildman–Crippen LogP) is 3.22. The van der Waals surface area contributed by atoms with Gasteiger partial charge in [-0.3, -0.25) is 5.43 Å². The molecule has 0 radical (unpaired) electrons. The Balaban J connectivity index is 0.00000128. The summed E-state index contributed by atoms with van der Waals surface area (Å²) >= 11 is 13.0. The third-order valence-corrected chi connectivity index (χ3v) is 3.36.